The Balaban J connectivity index is 2.10. The third-order valence-electron chi connectivity index (χ3n) is 3.45. The van der Waals surface area contributed by atoms with E-state index in [0.29, 0.717) is 17.4 Å². The van der Waals surface area contributed by atoms with E-state index < -0.39 is 0 Å². The van der Waals surface area contributed by atoms with Gasteiger partial charge in [-0.05, 0) is 30.5 Å². The lowest BCUT2D eigenvalue weighted by atomic mass is 9.95. The van der Waals surface area contributed by atoms with Crippen molar-refractivity contribution in [2.75, 3.05) is 0 Å². The summed E-state index contributed by atoms with van der Waals surface area (Å²) in [6.45, 7) is 1.97. The Bertz CT molecular complexity index is 392. The summed E-state index contributed by atoms with van der Waals surface area (Å²) in [6.07, 6.45) is 5.69. The number of hydrogen-bond donors (Lipinski definition) is 0. The molecule has 2 rings (SSSR count). The van der Waals surface area contributed by atoms with Crippen molar-refractivity contribution >= 4 is 17.4 Å². The van der Waals surface area contributed by atoms with Crippen molar-refractivity contribution in [2.45, 2.75) is 39.0 Å². The zero-order chi connectivity index (χ0) is 11.5. The molecule has 0 aromatic heterocycles. The first-order valence-corrected chi connectivity index (χ1v) is 6.34. The highest BCUT2D eigenvalue weighted by molar-refractivity contribution is 6.31. The molecule has 0 N–H and O–H groups in total. The third kappa shape index (κ3) is 2.65. The Hall–Kier alpha value is -0.820. The number of hydrogen-bond acceptors (Lipinski definition) is 1. The summed E-state index contributed by atoms with van der Waals surface area (Å²) in [5.74, 6) is 0.859. The predicted octanol–water partition coefficient (Wildman–Crippen LogP) is 4.41. The van der Waals surface area contributed by atoms with Crippen molar-refractivity contribution in [2.24, 2.45) is 5.92 Å². The molecule has 0 bridgehead atoms. The maximum Gasteiger partial charge on any atom is 0.163 e. The van der Waals surface area contributed by atoms with Gasteiger partial charge in [-0.3, -0.25) is 4.79 Å². The first kappa shape index (κ1) is 11.7. The van der Waals surface area contributed by atoms with E-state index in [-0.39, 0.29) is 5.78 Å². The summed E-state index contributed by atoms with van der Waals surface area (Å²) in [6, 6.07) is 5.56. The Morgan fingerprint density at radius 1 is 1.38 bits per heavy atom. The van der Waals surface area contributed by atoms with Crippen LogP contribution < -0.4 is 0 Å². The maximum absolute atomic E-state index is 12.1. The van der Waals surface area contributed by atoms with Gasteiger partial charge in [-0.2, -0.15) is 0 Å². The normalized spacial score (nSPS) is 16.6. The third-order valence-corrected chi connectivity index (χ3v) is 3.68. The molecule has 0 saturated heterocycles. The molecule has 1 nitrogen and oxygen atoms in total. The van der Waals surface area contributed by atoms with Gasteiger partial charge in [0.15, 0.2) is 5.78 Å². The van der Waals surface area contributed by atoms with E-state index in [0.717, 1.165) is 11.1 Å². The number of Topliss-reactive ketones (excluding diaryl/α,β-unsaturated/α-hetero) is 1. The first-order chi connectivity index (χ1) is 7.66. The SMILES string of the molecule is Cc1ccc(Cl)cc1C(=O)CC1CCCC1. The Labute approximate surface area is 102 Å². The second-order valence-electron chi connectivity index (χ2n) is 4.74. The zero-order valence-corrected chi connectivity index (χ0v) is 10.4. The fourth-order valence-electron chi connectivity index (χ4n) is 2.48. The van der Waals surface area contributed by atoms with Gasteiger partial charge in [0.05, 0.1) is 0 Å². The Morgan fingerprint density at radius 2 is 2.06 bits per heavy atom. The minimum absolute atomic E-state index is 0.256. The lowest BCUT2D eigenvalue weighted by molar-refractivity contribution is 0.0961. The van der Waals surface area contributed by atoms with Crippen LogP contribution in [0.2, 0.25) is 5.02 Å². The van der Waals surface area contributed by atoms with Crippen molar-refractivity contribution in [1.29, 1.82) is 0 Å². The average molecular weight is 237 g/mol. The van der Waals surface area contributed by atoms with Crippen LogP contribution in [0.1, 0.15) is 48.0 Å². The monoisotopic (exact) mass is 236 g/mol. The molecule has 2 heteroatoms. The first-order valence-electron chi connectivity index (χ1n) is 5.96. The molecule has 1 aromatic rings. The molecule has 0 atom stereocenters. The fourth-order valence-corrected chi connectivity index (χ4v) is 2.65. The highest BCUT2D eigenvalue weighted by Crippen LogP contribution is 2.29. The van der Waals surface area contributed by atoms with Crippen LogP contribution in [-0.2, 0) is 0 Å². The van der Waals surface area contributed by atoms with E-state index in [1.165, 1.54) is 25.7 Å². The standard InChI is InChI=1S/C14H17ClO/c1-10-6-7-12(15)9-13(10)14(16)8-11-4-2-3-5-11/h6-7,9,11H,2-5,8H2,1H3. The van der Waals surface area contributed by atoms with Gasteiger partial charge in [0, 0.05) is 17.0 Å². The summed E-state index contributed by atoms with van der Waals surface area (Å²) >= 11 is 5.93. The predicted molar refractivity (Wildman–Crippen MR) is 67.1 cm³/mol. The topological polar surface area (TPSA) is 17.1 Å². The van der Waals surface area contributed by atoms with Gasteiger partial charge in [0.1, 0.15) is 0 Å². The van der Waals surface area contributed by atoms with Crippen molar-refractivity contribution in [3.05, 3.63) is 34.3 Å². The van der Waals surface area contributed by atoms with Crippen LogP contribution in [0, 0.1) is 12.8 Å². The van der Waals surface area contributed by atoms with E-state index in [2.05, 4.69) is 0 Å². The fraction of sp³-hybridized carbons (Fsp3) is 0.500. The number of carbonyl (C=O) groups is 1. The van der Waals surface area contributed by atoms with E-state index in [1.807, 2.05) is 19.1 Å². The second kappa shape index (κ2) is 5.01. The van der Waals surface area contributed by atoms with E-state index in [1.54, 1.807) is 6.07 Å². The van der Waals surface area contributed by atoms with Gasteiger partial charge in [-0.25, -0.2) is 0 Å². The molecular formula is C14H17ClO. The number of ketones is 1. The van der Waals surface area contributed by atoms with E-state index in [4.69, 9.17) is 11.6 Å². The van der Waals surface area contributed by atoms with E-state index >= 15 is 0 Å². The van der Waals surface area contributed by atoms with E-state index in [9.17, 15) is 4.79 Å². The summed E-state index contributed by atoms with van der Waals surface area (Å²) in [7, 11) is 0. The number of aryl methyl sites for hydroxylation is 1. The molecule has 1 aromatic carbocycles. The van der Waals surface area contributed by atoms with Crippen molar-refractivity contribution in [3.8, 4) is 0 Å². The lowest BCUT2D eigenvalue weighted by Crippen LogP contribution is -2.07. The molecule has 16 heavy (non-hydrogen) atoms. The average Bonchev–Trinajstić information content (AvgIpc) is 2.74. The highest BCUT2D eigenvalue weighted by atomic mass is 35.5. The largest absolute Gasteiger partial charge is 0.294 e. The lowest BCUT2D eigenvalue weighted by Gasteiger charge is -2.09. The smallest absolute Gasteiger partial charge is 0.163 e. The minimum Gasteiger partial charge on any atom is -0.294 e. The molecule has 1 saturated carbocycles. The number of rotatable bonds is 3. The van der Waals surface area contributed by atoms with Gasteiger partial charge in [0.2, 0.25) is 0 Å². The molecule has 0 radical (unpaired) electrons. The molecule has 0 amide bonds. The Kier molecular flexibility index (Phi) is 3.65. The van der Waals surface area contributed by atoms with Crippen LogP contribution >= 0.6 is 11.6 Å². The number of carbonyl (C=O) groups excluding carboxylic acids is 1. The molecule has 0 spiro atoms. The second-order valence-corrected chi connectivity index (χ2v) is 5.17. The van der Waals surface area contributed by atoms with Gasteiger partial charge in [-0.15, -0.1) is 0 Å². The van der Waals surface area contributed by atoms with Gasteiger partial charge < -0.3 is 0 Å². The van der Waals surface area contributed by atoms with Crippen LogP contribution in [0.25, 0.3) is 0 Å². The molecule has 86 valence electrons. The summed E-state index contributed by atoms with van der Waals surface area (Å²) < 4.78 is 0. The van der Waals surface area contributed by atoms with Gasteiger partial charge >= 0.3 is 0 Å². The van der Waals surface area contributed by atoms with Crippen molar-refractivity contribution in [1.82, 2.24) is 0 Å². The molecule has 0 unspecified atom stereocenters. The summed E-state index contributed by atoms with van der Waals surface area (Å²) in [4.78, 5) is 12.1. The van der Waals surface area contributed by atoms with Crippen LogP contribution in [-0.4, -0.2) is 5.78 Å². The number of benzene rings is 1. The van der Waals surface area contributed by atoms with Gasteiger partial charge in [-0.1, -0.05) is 43.4 Å². The molecule has 1 aliphatic carbocycles. The minimum atomic E-state index is 0.256. The zero-order valence-electron chi connectivity index (χ0n) is 9.63. The Morgan fingerprint density at radius 3 is 2.75 bits per heavy atom. The van der Waals surface area contributed by atoms with Crippen LogP contribution in [0.4, 0.5) is 0 Å². The molecular weight excluding hydrogens is 220 g/mol. The van der Waals surface area contributed by atoms with Crippen LogP contribution in [0.5, 0.6) is 0 Å². The molecule has 0 heterocycles. The molecule has 1 aliphatic rings. The quantitative estimate of drug-likeness (QED) is 0.711. The summed E-state index contributed by atoms with van der Waals surface area (Å²) in [5.41, 5.74) is 1.84. The summed E-state index contributed by atoms with van der Waals surface area (Å²) in [5, 5.41) is 0.653. The maximum atomic E-state index is 12.1. The molecule has 1 fully saturated rings. The van der Waals surface area contributed by atoms with Crippen molar-refractivity contribution in [3.63, 3.8) is 0 Å². The van der Waals surface area contributed by atoms with Crippen LogP contribution in [0.15, 0.2) is 18.2 Å². The number of halogens is 1. The van der Waals surface area contributed by atoms with Gasteiger partial charge in [0.25, 0.3) is 0 Å². The highest BCUT2D eigenvalue weighted by Gasteiger charge is 2.20. The van der Waals surface area contributed by atoms with Crippen molar-refractivity contribution < 1.29 is 4.79 Å². The van der Waals surface area contributed by atoms with Crippen LogP contribution in [0.3, 0.4) is 0 Å². The molecule has 0 aliphatic heterocycles.